The summed E-state index contributed by atoms with van der Waals surface area (Å²) in [6, 6.07) is 8.23. The summed E-state index contributed by atoms with van der Waals surface area (Å²) in [4.78, 5) is 6.45. The molecule has 1 fully saturated rings. The van der Waals surface area contributed by atoms with Crippen molar-refractivity contribution in [1.29, 1.82) is 0 Å². The van der Waals surface area contributed by atoms with Crippen molar-refractivity contribution in [2.45, 2.75) is 31.1 Å². The van der Waals surface area contributed by atoms with Gasteiger partial charge in [0.2, 0.25) is 0 Å². The van der Waals surface area contributed by atoms with E-state index in [1.807, 2.05) is 33.3 Å². The van der Waals surface area contributed by atoms with Crippen LogP contribution in [-0.2, 0) is 6.54 Å². The lowest BCUT2D eigenvalue weighted by atomic mass is 10.1. The van der Waals surface area contributed by atoms with Crippen LogP contribution >= 0.6 is 35.7 Å². The van der Waals surface area contributed by atoms with Crippen molar-refractivity contribution in [1.82, 2.24) is 15.5 Å². The second kappa shape index (κ2) is 11.9. The highest BCUT2D eigenvalue weighted by molar-refractivity contribution is 14.0. The Balaban J connectivity index is 0.00000338. The van der Waals surface area contributed by atoms with Crippen LogP contribution in [0.5, 0.6) is 5.75 Å². The van der Waals surface area contributed by atoms with Crippen LogP contribution in [0.4, 0.5) is 0 Å². The first-order chi connectivity index (χ1) is 12.0. The van der Waals surface area contributed by atoms with Crippen LogP contribution in [0, 0.1) is 0 Å². The van der Waals surface area contributed by atoms with Crippen LogP contribution in [-0.4, -0.2) is 62.2 Å². The number of benzene rings is 1. The summed E-state index contributed by atoms with van der Waals surface area (Å²) in [6.45, 7) is 5.62. The van der Waals surface area contributed by atoms with E-state index in [9.17, 15) is 0 Å². The Kier molecular flexibility index (Phi) is 10.7. The second-order valence-corrected chi connectivity index (χ2v) is 8.66. The molecule has 2 N–H and O–H groups in total. The van der Waals surface area contributed by atoms with Gasteiger partial charge in [-0.25, -0.2) is 0 Å². The fourth-order valence-corrected chi connectivity index (χ4v) is 3.99. The molecule has 1 aliphatic heterocycles. The quantitative estimate of drug-likeness (QED) is 0.332. The van der Waals surface area contributed by atoms with E-state index in [4.69, 9.17) is 4.74 Å². The largest absolute Gasteiger partial charge is 0.492 e. The third-order valence-corrected chi connectivity index (χ3v) is 5.86. The van der Waals surface area contributed by atoms with Gasteiger partial charge in [-0.15, -0.1) is 24.0 Å². The van der Waals surface area contributed by atoms with Crippen LogP contribution in [0.2, 0.25) is 0 Å². The van der Waals surface area contributed by atoms with Crippen molar-refractivity contribution < 1.29 is 4.74 Å². The van der Waals surface area contributed by atoms with Crippen molar-refractivity contribution >= 4 is 41.7 Å². The number of rotatable bonds is 8. The summed E-state index contributed by atoms with van der Waals surface area (Å²) in [5.74, 6) is 3.04. The summed E-state index contributed by atoms with van der Waals surface area (Å²) in [5, 5.41) is 6.86. The molecule has 5 nitrogen and oxygen atoms in total. The van der Waals surface area contributed by atoms with Gasteiger partial charge in [0.25, 0.3) is 0 Å². The minimum Gasteiger partial charge on any atom is -0.492 e. The van der Waals surface area contributed by atoms with Gasteiger partial charge in [0, 0.05) is 31.4 Å². The summed E-state index contributed by atoms with van der Waals surface area (Å²) in [7, 11) is 5.92. The number of ether oxygens (including phenoxy) is 1. The molecule has 2 rings (SSSR count). The molecule has 1 aromatic carbocycles. The summed E-state index contributed by atoms with van der Waals surface area (Å²) < 4.78 is 6.13. The molecule has 1 unspecified atom stereocenters. The SMILES string of the molecule is CN=C(NCc1cccc(OCCN(C)C)c1)NCC1(C)CCCS1.I. The van der Waals surface area contributed by atoms with Gasteiger partial charge < -0.3 is 20.3 Å². The highest BCUT2D eigenvalue weighted by atomic mass is 127. The minimum absolute atomic E-state index is 0. The summed E-state index contributed by atoms with van der Waals surface area (Å²) >= 11 is 2.06. The lowest BCUT2D eigenvalue weighted by Crippen LogP contribution is -2.43. The van der Waals surface area contributed by atoms with Gasteiger partial charge in [-0.3, -0.25) is 4.99 Å². The third-order valence-electron chi connectivity index (χ3n) is 4.32. The molecule has 26 heavy (non-hydrogen) atoms. The predicted octanol–water partition coefficient (Wildman–Crippen LogP) is 3.20. The second-order valence-electron chi connectivity index (χ2n) is 6.98. The van der Waals surface area contributed by atoms with Gasteiger partial charge in [-0.1, -0.05) is 12.1 Å². The minimum atomic E-state index is 0. The van der Waals surface area contributed by atoms with E-state index in [2.05, 4.69) is 51.3 Å². The molecule has 0 aromatic heterocycles. The number of likely N-dealkylation sites (N-methyl/N-ethyl adjacent to an activating group) is 1. The fourth-order valence-electron chi connectivity index (χ4n) is 2.74. The van der Waals surface area contributed by atoms with Gasteiger partial charge in [-0.05, 0) is 57.3 Å². The average Bonchev–Trinajstić information content (AvgIpc) is 3.02. The molecule has 0 aliphatic carbocycles. The van der Waals surface area contributed by atoms with E-state index in [-0.39, 0.29) is 24.0 Å². The van der Waals surface area contributed by atoms with E-state index in [0.717, 1.165) is 31.3 Å². The molecule has 7 heteroatoms. The molecule has 1 heterocycles. The Morgan fingerprint density at radius 1 is 1.35 bits per heavy atom. The molecule has 1 atom stereocenters. The molecule has 0 bridgehead atoms. The maximum Gasteiger partial charge on any atom is 0.191 e. The monoisotopic (exact) mass is 492 g/mol. The molecule has 1 aliphatic rings. The molecular weight excluding hydrogens is 459 g/mol. The normalized spacial score (nSPS) is 20.0. The number of aliphatic imine (C=N–C) groups is 1. The Morgan fingerprint density at radius 3 is 2.81 bits per heavy atom. The molecular formula is C19H33IN4OS. The van der Waals surface area contributed by atoms with Crippen LogP contribution in [0.3, 0.4) is 0 Å². The average molecular weight is 492 g/mol. The number of guanidine groups is 1. The van der Waals surface area contributed by atoms with E-state index in [0.29, 0.717) is 11.4 Å². The van der Waals surface area contributed by atoms with E-state index in [1.54, 1.807) is 0 Å². The van der Waals surface area contributed by atoms with Crippen molar-refractivity contribution in [2.75, 3.05) is 46.6 Å². The van der Waals surface area contributed by atoms with E-state index >= 15 is 0 Å². The zero-order chi connectivity index (χ0) is 18.1. The van der Waals surface area contributed by atoms with Gasteiger partial charge in [0.1, 0.15) is 12.4 Å². The van der Waals surface area contributed by atoms with Crippen LogP contribution < -0.4 is 15.4 Å². The van der Waals surface area contributed by atoms with Gasteiger partial charge in [0.15, 0.2) is 5.96 Å². The first kappa shape index (κ1) is 23.4. The fraction of sp³-hybridized carbons (Fsp3) is 0.632. The van der Waals surface area contributed by atoms with Gasteiger partial charge in [-0.2, -0.15) is 11.8 Å². The van der Waals surface area contributed by atoms with Gasteiger partial charge in [0.05, 0.1) is 0 Å². The molecule has 1 aromatic rings. The predicted molar refractivity (Wildman–Crippen MR) is 124 cm³/mol. The third kappa shape index (κ3) is 8.35. The zero-order valence-corrected chi connectivity index (χ0v) is 19.5. The highest BCUT2D eigenvalue weighted by Gasteiger charge is 2.29. The van der Waals surface area contributed by atoms with Crippen LogP contribution in [0.25, 0.3) is 0 Å². The smallest absolute Gasteiger partial charge is 0.191 e. The maximum atomic E-state index is 5.80. The lowest BCUT2D eigenvalue weighted by Gasteiger charge is -2.24. The summed E-state index contributed by atoms with van der Waals surface area (Å²) in [6.07, 6.45) is 2.59. The molecule has 148 valence electrons. The molecule has 0 amide bonds. The topological polar surface area (TPSA) is 48.9 Å². The van der Waals surface area contributed by atoms with Crippen molar-refractivity contribution in [2.24, 2.45) is 4.99 Å². The molecule has 0 radical (unpaired) electrons. The Bertz CT molecular complexity index is 562. The van der Waals surface area contributed by atoms with Crippen molar-refractivity contribution in [3.8, 4) is 5.75 Å². The number of nitrogens with one attached hydrogen (secondary N) is 2. The maximum absolute atomic E-state index is 5.80. The van der Waals surface area contributed by atoms with Crippen LogP contribution in [0.15, 0.2) is 29.3 Å². The highest BCUT2D eigenvalue weighted by Crippen LogP contribution is 2.36. The van der Waals surface area contributed by atoms with Gasteiger partial charge >= 0.3 is 0 Å². The van der Waals surface area contributed by atoms with E-state index in [1.165, 1.54) is 24.2 Å². The van der Waals surface area contributed by atoms with Crippen molar-refractivity contribution in [3.63, 3.8) is 0 Å². The number of hydrogen-bond donors (Lipinski definition) is 2. The zero-order valence-electron chi connectivity index (χ0n) is 16.4. The number of thioether (sulfide) groups is 1. The molecule has 0 saturated carbocycles. The first-order valence-corrected chi connectivity index (χ1v) is 9.94. The Hall–Kier alpha value is -0.670. The van der Waals surface area contributed by atoms with Crippen molar-refractivity contribution in [3.05, 3.63) is 29.8 Å². The number of hydrogen-bond acceptors (Lipinski definition) is 4. The number of nitrogens with zero attached hydrogens (tertiary/aromatic N) is 2. The number of halogens is 1. The first-order valence-electron chi connectivity index (χ1n) is 8.96. The molecule has 1 saturated heterocycles. The molecule has 0 spiro atoms. The summed E-state index contributed by atoms with van der Waals surface area (Å²) in [5.41, 5.74) is 1.19. The standard InChI is InChI=1S/C19H32N4OS.HI/c1-19(9-6-12-25-19)15-22-18(20-2)21-14-16-7-5-8-17(13-16)24-11-10-23(3)4;/h5,7-8,13H,6,9-12,14-15H2,1-4H3,(H2,20,21,22);1H. The Labute approximate surface area is 179 Å². The van der Waals surface area contributed by atoms with Crippen LogP contribution in [0.1, 0.15) is 25.3 Å². The Morgan fingerprint density at radius 2 is 2.15 bits per heavy atom. The van der Waals surface area contributed by atoms with E-state index < -0.39 is 0 Å². The lowest BCUT2D eigenvalue weighted by molar-refractivity contribution is 0.261.